The zero-order valence-corrected chi connectivity index (χ0v) is 17.4. The van der Waals surface area contributed by atoms with Gasteiger partial charge in [-0.3, -0.25) is 4.79 Å². The number of carbonyl (C=O) groups excluding carboxylic acids is 1. The van der Waals surface area contributed by atoms with E-state index in [4.69, 9.17) is 0 Å². The largest absolute Gasteiger partial charge is 0.297 e. The molecule has 0 amide bonds. The van der Waals surface area contributed by atoms with Gasteiger partial charge in [-0.2, -0.15) is 4.31 Å². The van der Waals surface area contributed by atoms with E-state index in [1.165, 1.54) is 4.31 Å². The van der Waals surface area contributed by atoms with Crippen LogP contribution in [-0.4, -0.2) is 25.1 Å². The number of Topliss-reactive ketones (excluding diaryl/α,β-unsaturated/α-hetero) is 1. The lowest BCUT2D eigenvalue weighted by atomic mass is 9.80. The van der Waals surface area contributed by atoms with Crippen LogP contribution in [0.25, 0.3) is 0 Å². The molecule has 1 unspecified atom stereocenters. The summed E-state index contributed by atoms with van der Waals surface area (Å²) in [4.78, 5) is 13.6. The quantitative estimate of drug-likeness (QED) is 0.795. The normalized spacial score (nSPS) is 18.2. The Balaban J connectivity index is 2.16. The molecule has 0 bridgehead atoms. The summed E-state index contributed by atoms with van der Waals surface area (Å²) in [5, 5.41) is 0. The van der Waals surface area contributed by atoms with Gasteiger partial charge >= 0.3 is 0 Å². The number of sulfonamides is 1. The molecule has 2 aromatic carbocycles. The number of aryl methyl sites for hydroxylation is 2. The van der Waals surface area contributed by atoms with Crippen molar-refractivity contribution in [2.75, 3.05) is 6.54 Å². The molecule has 0 N–H and O–H groups in total. The second kappa shape index (κ2) is 6.88. The van der Waals surface area contributed by atoms with Gasteiger partial charge in [-0.25, -0.2) is 8.42 Å². The Labute approximate surface area is 162 Å². The highest BCUT2D eigenvalue weighted by Crippen LogP contribution is 2.39. The molecule has 4 nitrogen and oxygen atoms in total. The highest BCUT2D eigenvalue weighted by Gasteiger charge is 2.43. The summed E-state index contributed by atoms with van der Waals surface area (Å²) in [7, 11) is -3.78. The highest BCUT2D eigenvalue weighted by atomic mass is 32.2. The predicted molar refractivity (Wildman–Crippen MR) is 107 cm³/mol. The summed E-state index contributed by atoms with van der Waals surface area (Å²) in [6.07, 6.45) is 0.606. The monoisotopic (exact) mass is 385 g/mol. The van der Waals surface area contributed by atoms with Crippen LogP contribution in [0.15, 0.2) is 47.4 Å². The van der Waals surface area contributed by atoms with Crippen LogP contribution >= 0.6 is 0 Å². The second-order valence-corrected chi connectivity index (χ2v) is 10.3. The fourth-order valence-corrected chi connectivity index (χ4v) is 5.07. The predicted octanol–water partition coefficient (Wildman–Crippen LogP) is 4.21. The topological polar surface area (TPSA) is 54.5 Å². The summed E-state index contributed by atoms with van der Waals surface area (Å²) in [5.41, 5.74) is 3.24. The average molecular weight is 386 g/mol. The Morgan fingerprint density at radius 1 is 1.00 bits per heavy atom. The van der Waals surface area contributed by atoms with Gasteiger partial charge in [0, 0.05) is 12.0 Å². The van der Waals surface area contributed by atoms with Crippen LogP contribution in [0, 0.1) is 19.3 Å². The zero-order chi connectivity index (χ0) is 20.0. The minimum absolute atomic E-state index is 0.0789. The van der Waals surface area contributed by atoms with E-state index in [0.717, 1.165) is 22.3 Å². The van der Waals surface area contributed by atoms with E-state index in [2.05, 4.69) is 0 Å². The Bertz CT molecular complexity index is 970. The third kappa shape index (κ3) is 3.71. The first-order chi connectivity index (χ1) is 12.5. The van der Waals surface area contributed by atoms with Crippen molar-refractivity contribution >= 4 is 15.8 Å². The SMILES string of the molecule is Cc1ccc(S(=O)(=O)N2CCc3ccc(C)cc3C2C(=O)C(C)(C)C)cc1. The number of rotatable bonds is 3. The van der Waals surface area contributed by atoms with E-state index in [1.807, 2.05) is 52.8 Å². The second-order valence-electron chi connectivity index (χ2n) is 8.40. The lowest BCUT2D eigenvalue weighted by Crippen LogP contribution is -2.46. The van der Waals surface area contributed by atoms with Crippen molar-refractivity contribution in [2.24, 2.45) is 5.41 Å². The first kappa shape index (κ1) is 19.8. The van der Waals surface area contributed by atoms with Gasteiger partial charge in [0.15, 0.2) is 5.78 Å². The number of hydrogen-bond donors (Lipinski definition) is 0. The van der Waals surface area contributed by atoms with Gasteiger partial charge in [-0.15, -0.1) is 0 Å². The molecular formula is C22H27NO3S. The molecule has 2 aromatic rings. The van der Waals surface area contributed by atoms with Crippen LogP contribution < -0.4 is 0 Å². The molecule has 0 aromatic heterocycles. The molecule has 0 radical (unpaired) electrons. The van der Waals surface area contributed by atoms with Crippen molar-refractivity contribution in [3.8, 4) is 0 Å². The van der Waals surface area contributed by atoms with Gasteiger partial charge in [0.05, 0.1) is 4.90 Å². The molecule has 144 valence electrons. The summed E-state index contributed by atoms with van der Waals surface area (Å²) >= 11 is 0. The third-order valence-electron chi connectivity index (χ3n) is 5.10. The fraction of sp³-hybridized carbons (Fsp3) is 0.409. The van der Waals surface area contributed by atoms with E-state index in [9.17, 15) is 13.2 Å². The van der Waals surface area contributed by atoms with Crippen LogP contribution in [0.1, 0.15) is 49.1 Å². The maximum atomic E-state index is 13.4. The molecule has 1 aliphatic heterocycles. The summed E-state index contributed by atoms with van der Waals surface area (Å²) in [6, 6.07) is 12.0. The Morgan fingerprint density at radius 3 is 2.19 bits per heavy atom. The molecule has 27 heavy (non-hydrogen) atoms. The smallest absolute Gasteiger partial charge is 0.244 e. The van der Waals surface area contributed by atoms with Crippen LogP contribution in [-0.2, 0) is 21.2 Å². The zero-order valence-electron chi connectivity index (χ0n) is 16.6. The fourth-order valence-electron chi connectivity index (χ4n) is 3.50. The Kier molecular flexibility index (Phi) is 5.04. The maximum Gasteiger partial charge on any atom is 0.244 e. The highest BCUT2D eigenvalue weighted by molar-refractivity contribution is 7.89. The van der Waals surface area contributed by atoms with Crippen molar-refractivity contribution < 1.29 is 13.2 Å². The molecule has 0 spiro atoms. The Hall–Kier alpha value is -1.98. The molecule has 1 aliphatic rings. The maximum absolute atomic E-state index is 13.4. The van der Waals surface area contributed by atoms with Gasteiger partial charge in [-0.1, -0.05) is 62.2 Å². The number of hydrogen-bond acceptors (Lipinski definition) is 3. The van der Waals surface area contributed by atoms with E-state index < -0.39 is 21.5 Å². The number of carbonyl (C=O) groups is 1. The molecular weight excluding hydrogens is 358 g/mol. The number of nitrogens with zero attached hydrogens (tertiary/aromatic N) is 1. The number of ketones is 1. The van der Waals surface area contributed by atoms with Gasteiger partial charge in [-0.05, 0) is 43.5 Å². The minimum Gasteiger partial charge on any atom is -0.297 e. The van der Waals surface area contributed by atoms with Crippen molar-refractivity contribution in [3.63, 3.8) is 0 Å². The lowest BCUT2D eigenvalue weighted by Gasteiger charge is -2.38. The van der Waals surface area contributed by atoms with Crippen LogP contribution in [0.4, 0.5) is 0 Å². The third-order valence-corrected chi connectivity index (χ3v) is 6.98. The summed E-state index contributed by atoms with van der Waals surface area (Å²) < 4.78 is 28.2. The molecule has 0 fully saturated rings. The van der Waals surface area contributed by atoms with E-state index >= 15 is 0 Å². The van der Waals surface area contributed by atoms with Crippen molar-refractivity contribution in [1.82, 2.24) is 4.31 Å². The molecule has 1 heterocycles. The Morgan fingerprint density at radius 2 is 1.59 bits per heavy atom. The molecule has 0 aliphatic carbocycles. The van der Waals surface area contributed by atoms with Crippen molar-refractivity contribution in [1.29, 1.82) is 0 Å². The van der Waals surface area contributed by atoms with E-state index in [0.29, 0.717) is 13.0 Å². The van der Waals surface area contributed by atoms with Crippen LogP contribution in [0.3, 0.4) is 0 Å². The van der Waals surface area contributed by atoms with Crippen LogP contribution in [0.5, 0.6) is 0 Å². The van der Waals surface area contributed by atoms with E-state index in [1.54, 1.807) is 24.3 Å². The molecule has 0 saturated carbocycles. The minimum atomic E-state index is -3.78. The number of benzene rings is 2. The van der Waals surface area contributed by atoms with Gasteiger partial charge in [0.2, 0.25) is 10.0 Å². The molecule has 3 rings (SSSR count). The molecule has 5 heteroatoms. The van der Waals surface area contributed by atoms with Crippen molar-refractivity contribution in [3.05, 3.63) is 64.7 Å². The summed E-state index contributed by atoms with van der Waals surface area (Å²) in [5.74, 6) is -0.0789. The number of fused-ring (bicyclic) bond motifs is 1. The lowest BCUT2D eigenvalue weighted by molar-refractivity contribution is -0.130. The first-order valence-corrected chi connectivity index (χ1v) is 10.7. The van der Waals surface area contributed by atoms with Gasteiger partial charge in [0.1, 0.15) is 6.04 Å². The summed E-state index contributed by atoms with van der Waals surface area (Å²) in [6.45, 7) is 9.72. The molecule has 1 atom stereocenters. The molecule has 0 saturated heterocycles. The van der Waals surface area contributed by atoms with Crippen molar-refractivity contribution in [2.45, 2.75) is 52.0 Å². The standard InChI is InChI=1S/C22H27NO3S/c1-15-7-10-18(11-8-15)27(25,26)23-13-12-17-9-6-16(2)14-19(17)20(23)21(24)22(3,4)5/h6-11,14,20H,12-13H2,1-5H3. The van der Waals surface area contributed by atoms with Gasteiger partial charge < -0.3 is 0 Å². The van der Waals surface area contributed by atoms with Gasteiger partial charge in [0.25, 0.3) is 0 Å². The average Bonchev–Trinajstić information content (AvgIpc) is 2.59. The van der Waals surface area contributed by atoms with Crippen LogP contribution in [0.2, 0.25) is 0 Å². The first-order valence-electron chi connectivity index (χ1n) is 9.24. The van der Waals surface area contributed by atoms with E-state index in [-0.39, 0.29) is 10.7 Å².